The van der Waals surface area contributed by atoms with Gasteiger partial charge in [0.25, 0.3) is 0 Å². The Morgan fingerprint density at radius 1 is 1.13 bits per heavy atom. The molecule has 2 saturated heterocycles. The number of hydrogen-bond acceptors (Lipinski definition) is 6. The highest BCUT2D eigenvalue weighted by atomic mass is 32.1. The summed E-state index contributed by atoms with van der Waals surface area (Å²) in [7, 11) is 0. The molecule has 2 aliphatic heterocycles. The lowest BCUT2D eigenvalue weighted by molar-refractivity contribution is -0.129. The number of piperidine rings is 1. The van der Waals surface area contributed by atoms with Crippen LogP contribution >= 0.6 is 11.3 Å². The van der Waals surface area contributed by atoms with E-state index in [1.54, 1.807) is 11.3 Å². The number of aromatic nitrogens is 2. The SMILES string of the molecule is Cc1ncsc1CN1CC[C@H]2C(=O)NCCCCCCN(Cc3ccncc3)[C@@H]2C1. The van der Waals surface area contributed by atoms with Crippen molar-refractivity contribution in [3.8, 4) is 0 Å². The van der Waals surface area contributed by atoms with Crippen LogP contribution in [0.15, 0.2) is 30.0 Å². The first-order valence-electron chi connectivity index (χ1n) is 11.2. The summed E-state index contributed by atoms with van der Waals surface area (Å²) in [6.07, 6.45) is 9.35. The number of likely N-dealkylation sites (tertiary alicyclic amines) is 1. The lowest BCUT2D eigenvalue weighted by atomic mass is 9.88. The van der Waals surface area contributed by atoms with E-state index in [9.17, 15) is 4.79 Å². The Labute approximate surface area is 183 Å². The summed E-state index contributed by atoms with van der Waals surface area (Å²) in [5, 5.41) is 3.23. The maximum absolute atomic E-state index is 13.1. The van der Waals surface area contributed by atoms with E-state index in [1.807, 2.05) is 17.9 Å². The van der Waals surface area contributed by atoms with Gasteiger partial charge in [-0.25, -0.2) is 4.98 Å². The van der Waals surface area contributed by atoms with Gasteiger partial charge in [0.2, 0.25) is 5.91 Å². The molecule has 4 heterocycles. The first-order chi connectivity index (χ1) is 14.7. The van der Waals surface area contributed by atoms with Crippen LogP contribution in [-0.4, -0.2) is 57.9 Å². The number of hydrogen-bond donors (Lipinski definition) is 1. The standard InChI is InChI=1S/C23H33N5OS/c1-18-22(30-17-26-18)16-27-13-8-20-21(15-27)28(14-19-6-10-24-11-7-19)12-5-3-2-4-9-25-23(20)29/h6-7,10-11,17,20-21H,2-5,8-9,12-16H2,1H3,(H,25,29)/t20-,21-/m1/s1. The zero-order valence-electron chi connectivity index (χ0n) is 17.9. The average Bonchev–Trinajstić information content (AvgIpc) is 3.15. The maximum atomic E-state index is 13.1. The molecule has 0 radical (unpaired) electrons. The Kier molecular flexibility index (Phi) is 7.47. The zero-order chi connectivity index (χ0) is 20.8. The van der Waals surface area contributed by atoms with Crippen LogP contribution in [-0.2, 0) is 17.9 Å². The lowest BCUT2D eigenvalue weighted by Crippen LogP contribution is -2.56. The van der Waals surface area contributed by atoms with Gasteiger partial charge >= 0.3 is 0 Å². The average molecular weight is 428 g/mol. The molecule has 7 heteroatoms. The molecule has 0 spiro atoms. The maximum Gasteiger partial charge on any atom is 0.224 e. The minimum absolute atomic E-state index is 0.0590. The van der Waals surface area contributed by atoms with Gasteiger partial charge in [-0.2, -0.15) is 0 Å². The Balaban J connectivity index is 1.55. The number of amides is 1. The molecule has 0 bridgehead atoms. The van der Waals surface area contributed by atoms with Gasteiger partial charge in [-0.15, -0.1) is 11.3 Å². The largest absolute Gasteiger partial charge is 0.356 e. The molecule has 0 aromatic carbocycles. The summed E-state index contributed by atoms with van der Waals surface area (Å²) in [5.41, 5.74) is 4.35. The topological polar surface area (TPSA) is 61.4 Å². The third-order valence-electron chi connectivity index (χ3n) is 6.49. The van der Waals surface area contributed by atoms with Crippen molar-refractivity contribution in [2.75, 3.05) is 26.2 Å². The lowest BCUT2D eigenvalue weighted by Gasteiger charge is -2.43. The van der Waals surface area contributed by atoms with Gasteiger partial charge in [0.05, 0.1) is 17.1 Å². The fourth-order valence-electron chi connectivity index (χ4n) is 4.72. The number of carbonyl (C=O) groups is 1. The molecule has 162 valence electrons. The van der Waals surface area contributed by atoms with Crippen LogP contribution in [0.25, 0.3) is 0 Å². The predicted octanol–water partition coefficient (Wildman–Crippen LogP) is 3.23. The highest BCUT2D eigenvalue weighted by molar-refractivity contribution is 7.09. The van der Waals surface area contributed by atoms with Crippen molar-refractivity contribution in [2.24, 2.45) is 5.92 Å². The Bertz CT molecular complexity index is 811. The highest BCUT2D eigenvalue weighted by Gasteiger charge is 2.37. The van der Waals surface area contributed by atoms with E-state index in [0.29, 0.717) is 0 Å². The third kappa shape index (κ3) is 5.45. The molecule has 2 aromatic rings. The number of pyridine rings is 1. The van der Waals surface area contributed by atoms with Gasteiger partial charge in [-0.1, -0.05) is 12.8 Å². The van der Waals surface area contributed by atoms with E-state index in [-0.39, 0.29) is 17.9 Å². The molecule has 2 atom stereocenters. The summed E-state index contributed by atoms with van der Waals surface area (Å²) >= 11 is 1.74. The summed E-state index contributed by atoms with van der Waals surface area (Å²) in [5.74, 6) is 0.305. The summed E-state index contributed by atoms with van der Waals surface area (Å²) in [6.45, 7) is 7.67. The molecule has 6 nitrogen and oxygen atoms in total. The van der Waals surface area contributed by atoms with Crippen LogP contribution in [0, 0.1) is 12.8 Å². The molecule has 1 amide bonds. The summed E-state index contributed by atoms with van der Waals surface area (Å²) in [6, 6.07) is 4.43. The van der Waals surface area contributed by atoms with Gasteiger partial charge in [0.15, 0.2) is 0 Å². The number of nitrogens with one attached hydrogen (secondary N) is 1. The van der Waals surface area contributed by atoms with Crippen molar-refractivity contribution in [1.82, 2.24) is 25.1 Å². The predicted molar refractivity (Wildman–Crippen MR) is 120 cm³/mol. The molecule has 0 aliphatic carbocycles. The third-order valence-corrected chi connectivity index (χ3v) is 7.41. The fraction of sp³-hybridized carbons (Fsp3) is 0.609. The van der Waals surface area contributed by atoms with E-state index in [2.05, 4.69) is 44.1 Å². The zero-order valence-corrected chi connectivity index (χ0v) is 18.7. The summed E-state index contributed by atoms with van der Waals surface area (Å²) in [4.78, 5) is 28.1. The van der Waals surface area contributed by atoms with Crippen LogP contribution in [0.3, 0.4) is 0 Å². The van der Waals surface area contributed by atoms with Crippen LogP contribution in [0.1, 0.15) is 48.2 Å². The second kappa shape index (κ2) is 10.5. The molecule has 0 saturated carbocycles. The van der Waals surface area contributed by atoms with Crippen molar-refractivity contribution in [3.63, 3.8) is 0 Å². The molecular formula is C23H33N5OS. The van der Waals surface area contributed by atoms with E-state index in [1.165, 1.54) is 29.7 Å². The van der Waals surface area contributed by atoms with E-state index < -0.39 is 0 Å². The highest BCUT2D eigenvalue weighted by Crippen LogP contribution is 2.27. The van der Waals surface area contributed by atoms with E-state index in [4.69, 9.17) is 0 Å². The molecule has 2 fully saturated rings. The van der Waals surface area contributed by atoms with Crippen LogP contribution in [0.5, 0.6) is 0 Å². The number of fused-ring (bicyclic) bond motifs is 1. The van der Waals surface area contributed by atoms with Gasteiger partial charge in [0.1, 0.15) is 0 Å². The second-order valence-corrected chi connectivity index (χ2v) is 9.53. The van der Waals surface area contributed by atoms with Gasteiger partial charge in [0, 0.05) is 49.5 Å². The van der Waals surface area contributed by atoms with E-state index in [0.717, 1.165) is 57.8 Å². The number of thiazole rings is 1. The van der Waals surface area contributed by atoms with Crippen LogP contribution in [0.2, 0.25) is 0 Å². The number of rotatable bonds is 4. The molecule has 2 aliphatic rings. The minimum Gasteiger partial charge on any atom is -0.356 e. The fourth-order valence-corrected chi connectivity index (χ4v) is 5.54. The molecular weight excluding hydrogens is 394 g/mol. The molecule has 4 rings (SSSR count). The van der Waals surface area contributed by atoms with Crippen molar-refractivity contribution >= 4 is 17.2 Å². The molecule has 2 aromatic heterocycles. The molecule has 30 heavy (non-hydrogen) atoms. The normalized spacial score (nSPS) is 24.6. The summed E-state index contributed by atoms with van der Waals surface area (Å²) < 4.78 is 0. The smallest absolute Gasteiger partial charge is 0.224 e. The Morgan fingerprint density at radius 2 is 1.97 bits per heavy atom. The Morgan fingerprint density at radius 3 is 2.77 bits per heavy atom. The number of nitrogens with zero attached hydrogens (tertiary/aromatic N) is 4. The molecule has 0 unspecified atom stereocenters. The van der Waals surface area contributed by atoms with E-state index >= 15 is 0 Å². The quantitative estimate of drug-likeness (QED) is 0.812. The first-order valence-corrected chi connectivity index (χ1v) is 12.1. The van der Waals surface area contributed by atoms with Crippen molar-refractivity contribution in [3.05, 3.63) is 46.2 Å². The first kappa shape index (κ1) is 21.4. The second-order valence-electron chi connectivity index (χ2n) is 8.59. The van der Waals surface area contributed by atoms with Crippen molar-refractivity contribution in [1.29, 1.82) is 0 Å². The Hall–Kier alpha value is -1.83. The number of carbonyl (C=O) groups excluding carboxylic acids is 1. The van der Waals surface area contributed by atoms with Gasteiger partial charge in [-0.05, 0) is 57.0 Å². The van der Waals surface area contributed by atoms with Gasteiger partial charge in [-0.3, -0.25) is 19.6 Å². The molecule has 1 N–H and O–H groups in total. The monoisotopic (exact) mass is 427 g/mol. The van der Waals surface area contributed by atoms with Crippen molar-refractivity contribution in [2.45, 2.75) is 58.2 Å². The number of aryl methyl sites for hydroxylation is 1. The van der Waals surface area contributed by atoms with Crippen molar-refractivity contribution < 1.29 is 4.79 Å². The van der Waals surface area contributed by atoms with Crippen LogP contribution < -0.4 is 5.32 Å². The van der Waals surface area contributed by atoms with Gasteiger partial charge < -0.3 is 5.32 Å². The minimum atomic E-state index is 0.0590. The van der Waals surface area contributed by atoms with Crippen LogP contribution in [0.4, 0.5) is 0 Å².